The molecule has 2 heterocycles. The minimum absolute atomic E-state index is 0.0647. The lowest BCUT2D eigenvalue weighted by atomic mass is 9.76. The Morgan fingerprint density at radius 3 is 3.06 bits per heavy atom. The molecule has 2 nitrogen and oxygen atoms in total. The summed E-state index contributed by atoms with van der Waals surface area (Å²) in [6.45, 7) is 6.82. The van der Waals surface area contributed by atoms with E-state index in [-0.39, 0.29) is 11.4 Å². The van der Waals surface area contributed by atoms with E-state index >= 15 is 0 Å². The zero-order valence-corrected chi connectivity index (χ0v) is 9.81. The number of rotatable bonds is 0. The van der Waals surface area contributed by atoms with Crippen molar-refractivity contribution in [3.05, 3.63) is 29.3 Å². The van der Waals surface area contributed by atoms with Gasteiger partial charge in [-0.25, -0.2) is 0 Å². The van der Waals surface area contributed by atoms with E-state index in [0.717, 1.165) is 31.7 Å². The number of nitrogens with zero attached hydrogens (tertiary/aromatic N) is 1. The van der Waals surface area contributed by atoms with Gasteiger partial charge in [-0.1, -0.05) is 19.9 Å². The predicted octanol–water partition coefficient (Wildman–Crippen LogP) is 2.30. The van der Waals surface area contributed by atoms with Gasteiger partial charge in [-0.05, 0) is 29.0 Å². The van der Waals surface area contributed by atoms with E-state index in [1.165, 1.54) is 11.1 Å². The van der Waals surface area contributed by atoms with Gasteiger partial charge in [0.2, 0.25) is 0 Å². The van der Waals surface area contributed by atoms with Crippen molar-refractivity contribution < 1.29 is 4.39 Å². The van der Waals surface area contributed by atoms with Crippen LogP contribution in [0.4, 0.5) is 4.39 Å². The minimum Gasteiger partial charge on any atom is -0.316 e. The van der Waals surface area contributed by atoms with Crippen LogP contribution in [0.2, 0.25) is 0 Å². The lowest BCUT2D eigenvalue weighted by Crippen LogP contribution is -2.23. The van der Waals surface area contributed by atoms with Crippen molar-refractivity contribution in [2.24, 2.45) is 0 Å². The van der Waals surface area contributed by atoms with E-state index in [9.17, 15) is 4.39 Å². The number of halogens is 1. The molecule has 3 rings (SSSR count). The third kappa shape index (κ3) is 1.27. The number of hydrogen-bond acceptors (Lipinski definition) is 1. The Labute approximate surface area is 95.1 Å². The Kier molecular flexibility index (Phi) is 2.02. The molecule has 1 aromatic rings. The van der Waals surface area contributed by atoms with Crippen LogP contribution in [0.25, 0.3) is 5.57 Å². The summed E-state index contributed by atoms with van der Waals surface area (Å²) >= 11 is 0. The highest BCUT2D eigenvalue weighted by molar-refractivity contribution is 5.71. The van der Waals surface area contributed by atoms with E-state index in [2.05, 4.69) is 25.2 Å². The summed E-state index contributed by atoms with van der Waals surface area (Å²) in [4.78, 5) is 0. The van der Waals surface area contributed by atoms with Gasteiger partial charge >= 0.3 is 0 Å². The van der Waals surface area contributed by atoms with Gasteiger partial charge in [0.05, 0.1) is 5.69 Å². The highest BCUT2D eigenvalue weighted by atomic mass is 19.1. The average molecular weight is 220 g/mol. The first-order valence-electron chi connectivity index (χ1n) is 5.89. The van der Waals surface area contributed by atoms with Crippen LogP contribution in [0.3, 0.4) is 0 Å². The smallest absolute Gasteiger partial charge is 0.194 e. The number of nitrogens with one attached hydrogen (secondary N) is 1. The summed E-state index contributed by atoms with van der Waals surface area (Å²) in [5.41, 5.74) is 3.62. The molecule has 86 valence electrons. The van der Waals surface area contributed by atoms with Gasteiger partial charge in [0.25, 0.3) is 0 Å². The van der Waals surface area contributed by atoms with Crippen molar-refractivity contribution in [2.75, 3.05) is 13.1 Å². The topological polar surface area (TPSA) is 17.0 Å². The molecule has 0 spiro atoms. The molecule has 16 heavy (non-hydrogen) atoms. The van der Waals surface area contributed by atoms with Gasteiger partial charge in [0.1, 0.15) is 0 Å². The van der Waals surface area contributed by atoms with E-state index in [0.29, 0.717) is 0 Å². The van der Waals surface area contributed by atoms with E-state index in [1.54, 1.807) is 6.07 Å². The molecule has 3 heteroatoms. The van der Waals surface area contributed by atoms with Crippen molar-refractivity contribution in [3.8, 4) is 0 Å². The molecule has 0 amide bonds. The first-order chi connectivity index (χ1) is 7.59. The highest BCUT2D eigenvalue weighted by Crippen LogP contribution is 2.40. The van der Waals surface area contributed by atoms with Gasteiger partial charge in [-0.3, -0.25) is 0 Å². The molecule has 0 unspecified atom stereocenters. The third-order valence-corrected chi connectivity index (χ3v) is 3.77. The fourth-order valence-corrected chi connectivity index (χ4v) is 2.75. The largest absolute Gasteiger partial charge is 0.316 e. The summed E-state index contributed by atoms with van der Waals surface area (Å²) in [5.74, 6) is -0.0884. The van der Waals surface area contributed by atoms with E-state index in [4.69, 9.17) is 0 Å². The maximum absolute atomic E-state index is 13.9. The van der Waals surface area contributed by atoms with E-state index in [1.807, 2.05) is 4.57 Å². The van der Waals surface area contributed by atoms with Crippen LogP contribution in [0.5, 0.6) is 0 Å². The second-order valence-electron chi connectivity index (χ2n) is 5.38. The van der Waals surface area contributed by atoms with Gasteiger partial charge in [0, 0.05) is 19.6 Å². The molecule has 1 N–H and O–H groups in total. The molecule has 0 aromatic carbocycles. The fourth-order valence-electron chi connectivity index (χ4n) is 2.75. The summed E-state index contributed by atoms with van der Waals surface area (Å²) in [5, 5.41) is 3.34. The normalized spacial score (nSPS) is 22.3. The Morgan fingerprint density at radius 1 is 1.44 bits per heavy atom. The number of allylic oxidation sites excluding steroid dienone is 1. The van der Waals surface area contributed by atoms with Crippen molar-refractivity contribution in [1.82, 2.24) is 9.88 Å². The van der Waals surface area contributed by atoms with Crippen LogP contribution in [0, 0.1) is 5.95 Å². The lowest BCUT2D eigenvalue weighted by Gasteiger charge is -2.29. The van der Waals surface area contributed by atoms with Crippen molar-refractivity contribution in [3.63, 3.8) is 0 Å². The van der Waals surface area contributed by atoms with Gasteiger partial charge in [-0.15, -0.1) is 0 Å². The Morgan fingerprint density at radius 2 is 2.25 bits per heavy atom. The quantitative estimate of drug-likeness (QED) is 0.710. The zero-order chi connectivity index (χ0) is 11.3. The maximum Gasteiger partial charge on any atom is 0.194 e. The fraction of sp³-hybridized carbons (Fsp3) is 0.538. The summed E-state index contributed by atoms with van der Waals surface area (Å²) in [6.07, 6.45) is 3.26. The molecule has 0 atom stereocenters. The summed E-state index contributed by atoms with van der Waals surface area (Å²) in [7, 11) is 0. The van der Waals surface area contributed by atoms with Crippen LogP contribution in [0.15, 0.2) is 12.1 Å². The van der Waals surface area contributed by atoms with E-state index < -0.39 is 0 Å². The zero-order valence-electron chi connectivity index (χ0n) is 9.81. The van der Waals surface area contributed by atoms with Crippen molar-refractivity contribution in [2.45, 2.75) is 32.2 Å². The van der Waals surface area contributed by atoms with Crippen molar-refractivity contribution in [1.29, 1.82) is 0 Å². The first-order valence-corrected chi connectivity index (χ1v) is 5.89. The van der Waals surface area contributed by atoms with Crippen LogP contribution in [-0.4, -0.2) is 17.7 Å². The van der Waals surface area contributed by atoms with Crippen LogP contribution in [-0.2, 0) is 12.0 Å². The van der Waals surface area contributed by atoms with Crippen LogP contribution >= 0.6 is 0 Å². The maximum atomic E-state index is 13.9. The Bertz CT molecular complexity index is 469. The SMILES string of the molecule is CC1(C)CC=C2CNCCn3c(F)cc1c32. The number of hydrogen-bond donors (Lipinski definition) is 1. The third-order valence-electron chi connectivity index (χ3n) is 3.77. The predicted molar refractivity (Wildman–Crippen MR) is 62.9 cm³/mol. The summed E-state index contributed by atoms with van der Waals surface area (Å²) in [6, 6.07) is 1.73. The monoisotopic (exact) mass is 220 g/mol. The van der Waals surface area contributed by atoms with Crippen LogP contribution in [0.1, 0.15) is 31.5 Å². The van der Waals surface area contributed by atoms with Gasteiger partial charge in [-0.2, -0.15) is 4.39 Å². The molecule has 0 saturated heterocycles. The minimum atomic E-state index is -0.0884. The first kappa shape index (κ1) is 10.1. The lowest BCUT2D eigenvalue weighted by molar-refractivity contribution is 0.490. The van der Waals surface area contributed by atoms with Crippen molar-refractivity contribution >= 4 is 5.57 Å². The van der Waals surface area contributed by atoms with Gasteiger partial charge in [0.15, 0.2) is 5.95 Å². The molecule has 0 radical (unpaired) electrons. The average Bonchev–Trinajstić information content (AvgIpc) is 2.46. The second kappa shape index (κ2) is 3.20. The van der Waals surface area contributed by atoms with Gasteiger partial charge < -0.3 is 9.88 Å². The molecule has 1 aromatic heterocycles. The summed E-state index contributed by atoms with van der Waals surface area (Å²) < 4.78 is 15.7. The molecule has 1 aliphatic carbocycles. The molecule has 0 bridgehead atoms. The molecular weight excluding hydrogens is 203 g/mol. The molecule has 1 aliphatic heterocycles. The molecule has 0 fully saturated rings. The molecule has 2 aliphatic rings. The molecular formula is C13H17FN2. The Balaban J connectivity index is 2.26. The number of aromatic nitrogens is 1. The highest BCUT2D eigenvalue weighted by Gasteiger charge is 2.33. The standard InChI is InChI=1S/C13H17FN2/c1-13(2)4-3-9-8-15-5-6-16-11(14)7-10(13)12(9)16/h3,7,15H,4-6,8H2,1-2H3. The van der Waals surface area contributed by atoms with Crippen LogP contribution < -0.4 is 5.32 Å². The Hall–Kier alpha value is -1.09. The molecule has 0 saturated carbocycles. The second-order valence-corrected chi connectivity index (χ2v) is 5.38.